The molecule has 216 valence electrons. The molecule has 0 bridgehead atoms. The normalized spacial score (nSPS) is 28.2. The van der Waals surface area contributed by atoms with Crippen LogP contribution in [0.25, 0.3) is 0 Å². The molecule has 3 heterocycles. The van der Waals surface area contributed by atoms with Crippen molar-refractivity contribution in [1.82, 2.24) is 0 Å². The van der Waals surface area contributed by atoms with Gasteiger partial charge in [0, 0.05) is 17.2 Å². The maximum atomic E-state index is 11.6. The van der Waals surface area contributed by atoms with E-state index >= 15 is 0 Å². The number of carbonyl (C=O) groups excluding carboxylic acids is 1. The summed E-state index contributed by atoms with van der Waals surface area (Å²) in [6, 6.07) is 8.38. The van der Waals surface area contributed by atoms with E-state index in [1.807, 2.05) is 6.07 Å². The first-order valence-electron chi connectivity index (χ1n) is 12.3. The van der Waals surface area contributed by atoms with E-state index in [0.29, 0.717) is 23.0 Å². The van der Waals surface area contributed by atoms with Gasteiger partial charge in [0.2, 0.25) is 12.0 Å². The number of aliphatic carboxylic acids is 1. The van der Waals surface area contributed by atoms with Crippen LogP contribution < -0.4 is 23.7 Å². The molecule has 5 N–H and O–H groups in total. The molecule has 1 saturated heterocycles. The fourth-order valence-electron chi connectivity index (χ4n) is 4.94. The highest BCUT2D eigenvalue weighted by Gasteiger charge is 2.46. The lowest BCUT2D eigenvalue weighted by Gasteiger charge is -2.40. The molecule has 1 fully saturated rings. The summed E-state index contributed by atoms with van der Waals surface area (Å²) < 4.78 is 39.0. The Labute approximate surface area is 227 Å². The molecule has 14 nitrogen and oxygen atoms in total. The number of carboxylic acids is 1. The summed E-state index contributed by atoms with van der Waals surface area (Å²) in [4.78, 5) is 22.2. The molecule has 0 radical (unpaired) electrons. The van der Waals surface area contributed by atoms with Gasteiger partial charge in [0.15, 0.2) is 18.3 Å². The molecule has 14 heteroatoms. The second-order valence-electron chi connectivity index (χ2n) is 9.33. The van der Waals surface area contributed by atoms with Crippen molar-refractivity contribution in [2.75, 3.05) is 27.1 Å². The van der Waals surface area contributed by atoms with Crippen LogP contribution >= 0.6 is 0 Å². The number of aliphatic hydroxyl groups excluding tert-OH is 4. The standard InChI is InChI=1S/C26H28O14/c1-34-25-15(37-10-27)5-4-12-14-8-35-16-6-11(2-3-13(16)23(14)40-24(12)25)38-26-22(33)21(32)20(31)17(39-26)9-36-19(30)7-18(28)29/h2-6,14,17,20-23,26-27,31-33H,7-10H2,1H3,(H,28,29). The van der Waals surface area contributed by atoms with Gasteiger partial charge < -0.3 is 58.7 Å². The molecule has 0 spiro atoms. The van der Waals surface area contributed by atoms with Crippen molar-refractivity contribution < 1.29 is 68.3 Å². The number of ether oxygens (including phenoxy) is 7. The summed E-state index contributed by atoms with van der Waals surface area (Å²) in [5.41, 5.74) is 1.58. The van der Waals surface area contributed by atoms with Gasteiger partial charge in [-0.2, -0.15) is 0 Å². The zero-order chi connectivity index (χ0) is 28.6. The molecule has 7 atom stereocenters. The second kappa shape index (κ2) is 11.3. The van der Waals surface area contributed by atoms with E-state index in [1.54, 1.807) is 24.3 Å². The maximum absolute atomic E-state index is 11.6. The van der Waals surface area contributed by atoms with Crippen LogP contribution in [0.15, 0.2) is 30.3 Å². The lowest BCUT2D eigenvalue weighted by atomic mass is 9.89. The summed E-state index contributed by atoms with van der Waals surface area (Å²) in [5, 5.41) is 48.8. The summed E-state index contributed by atoms with van der Waals surface area (Å²) in [6.07, 6.45) is -9.03. The number of carbonyl (C=O) groups is 2. The van der Waals surface area contributed by atoms with Gasteiger partial charge in [-0.05, 0) is 18.2 Å². The first-order valence-corrected chi connectivity index (χ1v) is 12.3. The monoisotopic (exact) mass is 564 g/mol. The van der Waals surface area contributed by atoms with Gasteiger partial charge in [0.25, 0.3) is 0 Å². The van der Waals surface area contributed by atoms with E-state index in [9.17, 15) is 24.9 Å². The van der Waals surface area contributed by atoms with E-state index in [2.05, 4.69) is 0 Å². The van der Waals surface area contributed by atoms with Crippen molar-refractivity contribution in [3.8, 4) is 28.7 Å². The smallest absolute Gasteiger partial charge is 0.317 e. The van der Waals surface area contributed by atoms with E-state index in [1.165, 1.54) is 7.11 Å². The molecule has 3 aliphatic rings. The zero-order valence-corrected chi connectivity index (χ0v) is 21.2. The Morgan fingerprint density at radius 3 is 2.55 bits per heavy atom. The van der Waals surface area contributed by atoms with Crippen LogP contribution in [0.5, 0.6) is 28.7 Å². The van der Waals surface area contributed by atoms with Gasteiger partial charge in [-0.3, -0.25) is 9.59 Å². The Balaban J connectivity index is 1.30. The van der Waals surface area contributed by atoms with Gasteiger partial charge in [0.1, 0.15) is 55.0 Å². The van der Waals surface area contributed by atoms with Crippen LogP contribution in [0, 0.1) is 0 Å². The fourth-order valence-corrected chi connectivity index (χ4v) is 4.94. The Kier molecular flexibility index (Phi) is 7.87. The van der Waals surface area contributed by atoms with Crippen molar-refractivity contribution in [1.29, 1.82) is 0 Å². The molecule has 3 aliphatic heterocycles. The average molecular weight is 564 g/mol. The lowest BCUT2D eigenvalue weighted by molar-refractivity contribution is -0.278. The number of carboxylic acid groups (broad SMARTS) is 1. The summed E-state index contributed by atoms with van der Waals surface area (Å²) >= 11 is 0. The number of rotatable bonds is 9. The Morgan fingerprint density at radius 1 is 1.05 bits per heavy atom. The topological polar surface area (TPSA) is 200 Å². The molecule has 5 rings (SSSR count). The minimum absolute atomic E-state index is 0.143. The molecule has 2 aromatic carbocycles. The third kappa shape index (κ3) is 5.19. The number of fused-ring (bicyclic) bond motifs is 5. The zero-order valence-electron chi connectivity index (χ0n) is 21.2. The molecule has 0 amide bonds. The van der Waals surface area contributed by atoms with E-state index in [-0.39, 0.29) is 18.3 Å². The molecular weight excluding hydrogens is 536 g/mol. The number of aliphatic hydroxyl groups is 4. The van der Waals surface area contributed by atoms with Crippen LogP contribution in [0.1, 0.15) is 29.6 Å². The number of methoxy groups -OCH3 is 1. The minimum atomic E-state index is -1.70. The van der Waals surface area contributed by atoms with Crippen LogP contribution in [0.3, 0.4) is 0 Å². The minimum Gasteiger partial charge on any atom is -0.492 e. The van der Waals surface area contributed by atoms with E-state index in [0.717, 1.165) is 11.1 Å². The summed E-state index contributed by atoms with van der Waals surface area (Å²) in [5.74, 6) is -0.759. The van der Waals surface area contributed by atoms with E-state index < -0.39 is 68.6 Å². The largest absolute Gasteiger partial charge is 0.492 e. The lowest BCUT2D eigenvalue weighted by Crippen LogP contribution is -2.60. The molecule has 40 heavy (non-hydrogen) atoms. The molecule has 0 saturated carbocycles. The van der Waals surface area contributed by atoms with Crippen LogP contribution in [-0.4, -0.2) is 95.3 Å². The molecule has 0 aromatic heterocycles. The van der Waals surface area contributed by atoms with Crippen LogP contribution in [0.2, 0.25) is 0 Å². The molecule has 2 aromatic rings. The second-order valence-corrected chi connectivity index (χ2v) is 9.33. The van der Waals surface area contributed by atoms with Gasteiger partial charge >= 0.3 is 11.9 Å². The van der Waals surface area contributed by atoms with Gasteiger partial charge in [-0.1, -0.05) is 6.07 Å². The van der Waals surface area contributed by atoms with Crippen LogP contribution in [0.4, 0.5) is 0 Å². The molecule has 7 unspecified atom stereocenters. The molecular formula is C26H28O14. The predicted octanol–water partition coefficient (Wildman–Crippen LogP) is -0.162. The highest BCUT2D eigenvalue weighted by atomic mass is 16.7. The maximum Gasteiger partial charge on any atom is 0.317 e. The summed E-state index contributed by atoms with van der Waals surface area (Å²) in [6.45, 7) is -0.822. The Morgan fingerprint density at radius 2 is 1.82 bits per heavy atom. The van der Waals surface area contributed by atoms with Crippen molar-refractivity contribution in [2.45, 2.75) is 49.1 Å². The van der Waals surface area contributed by atoms with Crippen molar-refractivity contribution in [2.24, 2.45) is 0 Å². The van der Waals surface area contributed by atoms with Crippen molar-refractivity contribution in [3.63, 3.8) is 0 Å². The number of benzene rings is 2. The third-order valence-corrected chi connectivity index (χ3v) is 6.88. The Bertz CT molecular complexity index is 1260. The first kappa shape index (κ1) is 27.7. The van der Waals surface area contributed by atoms with E-state index in [4.69, 9.17) is 43.4 Å². The third-order valence-electron chi connectivity index (χ3n) is 6.88. The fraction of sp³-hybridized carbons (Fsp3) is 0.462. The Hall–Kier alpha value is -3.82. The molecule has 0 aliphatic carbocycles. The quantitative estimate of drug-likeness (QED) is 0.153. The predicted molar refractivity (Wildman–Crippen MR) is 129 cm³/mol. The van der Waals surface area contributed by atoms with Crippen molar-refractivity contribution in [3.05, 3.63) is 41.5 Å². The highest BCUT2D eigenvalue weighted by Crippen LogP contribution is 2.56. The summed E-state index contributed by atoms with van der Waals surface area (Å²) in [7, 11) is 1.47. The number of hydrogen-bond donors (Lipinski definition) is 5. The van der Waals surface area contributed by atoms with Gasteiger partial charge in [-0.15, -0.1) is 0 Å². The van der Waals surface area contributed by atoms with Gasteiger partial charge in [-0.25, -0.2) is 0 Å². The highest BCUT2D eigenvalue weighted by molar-refractivity contribution is 5.90. The van der Waals surface area contributed by atoms with Gasteiger partial charge in [0.05, 0.1) is 19.6 Å². The number of esters is 1. The SMILES string of the molecule is COc1c(OCO)ccc2c1OC1c3ccc(OC4OC(COC(=O)CC(=O)O)C(O)C(O)C4O)cc3OCC21. The number of hydrogen-bond acceptors (Lipinski definition) is 13. The average Bonchev–Trinajstić information content (AvgIpc) is 3.31. The van der Waals surface area contributed by atoms with Crippen LogP contribution in [-0.2, 0) is 19.1 Å². The first-order chi connectivity index (χ1) is 19.2. The van der Waals surface area contributed by atoms with Crippen molar-refractivity contribution >= 4 is 11.9 Å².